The van der Waals surface area contributed by atoms with E-state index in [1.165, 1.54) is 28.0 Å². The monoisotopic (exact) mass is 603 g/mol. The molecule has 12 nitrogen and oxygen atoms in total. The number of aryl methyl sites for hydroxylation is 2. The molecule has 0 bridgehead atoms. The lowest BCUT2D eigenvalue weighted by molar-refractivity contribution is 0.0371. The molecule has 3 atom stereocenters. The molecule has 0 unspecified atom stereocenters. The number of carbonyl (C=O) groups is 2. The van der Waals surface area contributed by atoms with Crippen molar-refractivity contribution in [2.75, 3.05) is 36.8 Å². The van der Waals surface area contributed by atoms with Gasteiger partial charge in [-0.3, -0.25) is 9.52 Å². The number of fused-ring (bicyclic) bond motifs is 1. The van der Waals surface area contributed by atoms with Crippen molar-refractivity contribution in [1.29, 1.82) is 0 Å². The highest BCUT2D eigenvalue weighted by atomic mass is 32.2. The molecule has 0 spiro atoms. The van der Waals surface area contributed by atoms with Crippen molar-refractivity contribution in [3.63, 3.8) is 0 Å². The first-order valence-electron chi connectivity index (χ1n) is 13.3. The van der Waals surface area contributed by atoms with Gasteiger partial charge in [-0.05, 0) is 63.2 Å². The fourth-order valence-electron chi connectivity index (χ4n) is 4.55. The summed E-state index contributed by atoms with van der Waals surface area (Å²) in [6.07, 6.45) is -0.576. The molecule has 226 valence electrons. The van der Waals surface area contributed by atoms with E-state index in [2.05, 4.69) is 15.2 Å². The molecule has 0 fully saturated rings. The summed E-state index contributed by atoms with van der Waals surface area (Å²) in [6, 6.07) is 7.66. The number of likely N-dealkylation sites (N-methyl/N-ethyl adjacent to an activating group) is 1. The summed E-state index contributed by atoms with van der Waals surface area (Å²) in [6.45, 7) is 7.03. The van der Waals surface area contributed by atoms with Gasteiger partial charge in [-0.15, -0.1) is 0 Å². The van der Waals surface area contributed by atoms with E-state index in [4.69, 9.17) is 9.26 Å². The van der Waals surface area contributed by atoms with Gasteiger partial charge in [0.25, 0.3) is 15.9 Å². The number of rotatable bonds is 8. The van der Waals surface area contributed by atoms with Crippen LogP contribution in [0.5, 0.6) is 5.75 Å². The number of amides is 3. The standard InChI is InChI=1S/C28H34FN5O7S/c1-16-13-34(17(2)15-35)27(36)23-12-21(32-42(38,39)22-9-6-20(29)7-10-22)8-11-24(23)40-25(16)14-33(5)28(37)30-26-18(3)31-41-19(26)4/h6-12,16-17,25,32,35H,13-15H2,1-5H3,(H,30,37)/t16-,17+,25-/m0/s1. The van der Waals surface area contributed by atoms with E-state index in [0.29, 0.717) is 17.1 Å². The number of sulfonamides is 1. The number of hydrogen-bond donors (Lipinski definition) is 3. The molecule has 1 aliphatic rings. The number of anilines is 2. The molecule has 3 N–H and O–H groups in total. The highest BCUT2D eigenvalue weighted by molar-refractivity contribution is 7.92. The highest BCUT2D eigenvalue weighted by Crippen LogP contribution is 2.31. The second kappa shape index (κ2) is 12.4. The lowest BCUT2D eigenvalue weighted by Crippen LogP contribution is -2.50. The van der Waals surface area contributed by atoms with Crippen molar-refractivity contribution in [1.82, 2.24) is 15.0 Å². The third-order valence-electron chi connectivity index (χ3n) is 7.11. The summed E-state index contributed by atoms with van der Waals surface area (Å²) in [5.74, 6) is -0.634. The van der Waals surface area contributed by atoms with Crippen molar-refractivity contribution in [3.8, 4) is 5.75 Å². The van der Waals surface area contributed by atoms with Crippen molar-refractivity contribution < 1.29 is 36.8 Å². The van der Waals surface area contributed by atoms with Crippen LogP contribution in [0.3, 0.4) is 0 Å². The van der Waals surface area contributed by atoms with Gasteiger partial charge in [-0.1, -0.05) is 12.1 Å². The molecule has 1 aliphatic heterocycles. The summed E-state index contributed by atoms with van der Waals surface area (Å²) in [5, 5.41) is 16.5. The normalized spacial score (nSPS) is 17.9. The number of carbonyl (C=O) groups excluding carboxylic acids is 2. The van der Waals surface area contributed by atoms with Crippen LogP contribution in [0, 0.1) is 25.6 Å². The molecule has 0 aliphatic carbocycles. The number of aliphatic hydroxyl groups is 1. The van der Waals surface area contributed by atoms with Gasteiger partial charge in [0.15, 0.2) is 5.76 Å². The van der Waals surface area contributed by atoms with Gasteiger partial charge >= 0.3 is 6.03 Å². The molecule has 1 aromatic heterocycles. The third kappa shape index (κ3) is 6.65. The Morgan fingerprint density at radius 2 is 1.93 bits per heavy atom. The molecule has 0 saturated heterocycles. The van der Waals surface area contributed by atoms with Gasteiger partial charge in [0.1, 0.15) is 29.1 Å². The van der Waals surface area contributed by atoms with Crippen molar-refractivity contribution in [3.05, 3.63) is 65.3 Å². The predicted octanol–water partition coefficient (Wildman–Crippen LogP) is 3.62. The average Bonchev–Trinajstić information content (AvgIpc) is 3.26. The van der Waals surface area contributed by atoms with E-state index in [1.807, 2.05) is 6.92 Å². The molecule has 0 saturated carbocycles. The molecular weight excluding hydrogens is 569 g/mol. The Balaban J connectivity index is 1.62. The minimum Gasteiger partial charge on any atom is -0.487 e. The van der Waals surface area contributed by atoms with E-state index in [0.717, 1.165) is 24.3 Å². The van der Waals surface area contributed by atoms with E-state index >= 15 is 0 Å². The lowest BCUT2D eigenvalue weighted by atomic mass is 9.99. The Morgan fingerprint density at radius 3 is 2.55 bits per heavy atom. The SMILES string of the molecule is Cc1noc(C)c1NC(=O)N(C)C[C@@H]1Oc2ccc(NS(=O)(=O)c3ccc(F)cc3)cc2C(=O)N([C@H](C)CO)C[C@@H]1C. The first-order chi connectivity index (χ1) is 19.8. The van der Waals surface area contributed by atoms with Crippen molar-refractivity contribution in [2.45, 2.75) is 44.7 Å². The van der Waals surface area contributed by atoms with E-state index in [1.54, 1.807) is 27.8 Å². The molecule has 3 aromatic rings. The maximum Gasteiger partial charge on any atom is 0.321 e. The molecule has 3 amide bonds. The first kappa shape index (κ1) is 30.8. The fraction of sp³-hybridized carbons (Fsp3) is 0.393. The molecule has 2 heterocycles. The van der Waals surface area contributed by atoms with Gasteiger partial charge in [0.2, 0.25) is 0 Å². The largest absolute Gasteiger partial charge is 0.487 e. The molecule has 0 radical (unpaired) electrons. The number of halogens is 1. The van der Waals surface area contributed by atoms with Crippen LogP contribution in [0.1, 0.15) is 35.7 Å². The zero-order chi connectivity index (χ0) is 30.8. The number of urea groups is 1. The van der Waals surface area contributed by atoms with Crippen LogP contribution in [0.4, 0.5) is 20.6 Å². The predicted molar refractivity (Wildman–Crippen MR) is 152 cm³/mol. The quantitative estimate of drug-likeness (QED) is 0.353. The maximum atomic E-state index is 13.7. The van der Waals surface area contributed by atoms with Crippen LogP contribution in [-0.4, -0.2) is 79.3 Å². The minimum absolute atomic E-state index is 0.0781. The Morgan fingerprint density at radius 1 is 1.24 bits per heavy atom. The Labute approximate surface area is 243 Å². The van der Waals surface area contributed by atoms with Crippen LogP contribution in [0.25, 0.3) is 0 Å². The summed E-state index contributed by atoms with van der Waals surface area (Å²) >= 11 is 0. The summed E-state index contributed by atoms with van der Waals surface area (Å²) in [5.41, 5.74) is 1.19. The number of benzene rings is 2. The number of nitrogens with one attached hydrogen (secondary N) is 2. The first-order valence-corrected chi connectivity index (χ1v) is 14.7. The Kier molecular flexibility index (Phi) is 9.06. The fourth-order valence-corrected chi connectivity index (χ4v) is 5.60. The molecule has 42 heavy (non-hydrogen) atoms. The number of aliphatic hydroxyl groups excluding tert-OH is 1. The number of ether oxygens (including phenoxy) is 1. The highest BCUT2D eigenvalue weighted by Gasteiger charge is 2.34. The van der Waals surface area contributed by atoms with Crippen molar-refractivity contribution >= 4 is 33.3 Å². The Bertz CT molecular complexity index is 1540. The molecular formula is C28H34FN5O7S. The second-order valence-corrected chi connectivity index (χ2v) is 12.1. The van der Waals surface area contributed by atoms with Gasteiger partial charge in [0, 0.05) is 25.2 Å². The summed E-state index contributed by atoms with van der Waals surface area (Å²) < 4.78 is 52.9. The third-order valence-corrected chi connectivity index (χ3v) is 8.50. The van der Waals surface area contributed by atoms with Gasteiger partial charge < -0.3 is 29.5 Å². The van der Waals surface area contributed by atoms with Crippen LogP contribution in [-0.2, 0) is 10.0 Å². The van der Waals surface area contributed by atoms with E-state index in [-0.39, 0.29) is 47.5 Å². The zero-order valence-corrected chi connectivity index (χ0v) is 24.7. The van der Waals surface area contributed by atoms with E-state index < -0.39 is 39.9 Å². The van der Waals surface area contributed by atoms with Crippen LogP contribution in [0.2, 0.25) is 0 Å². The smallest absolute Gasteiger partial charge is 0.321 e. The molecule has 2 aromatic carbocycles. The van der Waals surface area contributed by atoms with Gasteiger partial charge in [-0.2, -0.15) is 0 Å². The van der Waals surface area contributed by atoms with Crippen molar-refractivity contribution in [2.24, 2.45) is 5.92 Å². The summed E-state index contributed by atoms with van der Waals surface area (Å²) in [4.78, 5) is 29.4. The molecule has 14 heteroatoms. The number of nitrogens with zero attached hydrogens (tertiary/aromatic N) is 3. The van der Waals surface area contributed by atoms with E-state index in [9.17, 15) is 27.5 Å². The van der Waals surface area contributed by atoms with Crippen LogP contribution < -0.4 is 14.8 Å². The maximum absolute atomic E-state index is 13.7. The van der Waals surface area contributed by atoms with Crippen LogP contribution >= 0.6 is 0 Å². The van der Waals surface area contributed by atoms with Gasteiger partial charge in [-0.25, -0.2) is 17.6 Å². The van der Waals surface area contributed by atoms with Crippen LogP contribution in [0.15, 0.2) is 51.9 Å². The lowest BCUT2D eigenvalue weighted by Gasteiger charge is -2.38. The zero-order valence-electron chi connectivity index (χ0n) is 23.9. The second-order valence-electron chi connectivity index (χ2n) is 10.4. The number of aromatic nitrogens is 1. The average molecular weight is 604 g/mol. The topological polar surface area (TPSA) is 154 Å². The minimum atomic E-state index is -4.08. The molecule has 4 rings (SSSR count). The summed E-state index contributed by atoms with van der Waals surface area (Å²) in [7, 11) is -2.48. The Hall–Kier alpha value is -4.17. The van der Waals surface area contributed by atoms with Gasteiger partial charge in [0.05, 0.1) is 29.7 Å². The number of hydrogen-bond acceptors (Lipinski definition) is 8.